The largest absolute Gasteiger partial charge is 0.508 e. The summed E-state index contributed by atoms with van der Waals surface area (Å²) in [5.41, 5.74) is 0. The standard InChI is InChI=1S/C10H16O5/c1-4-13-9(11)7-6-8(3)15-10(12)14-5-2/h6-8H,4-5H2,1-3H3/b7-6+. The predicted octanol–water partition coefficient (Wildman–Crippen LogP) is 1.67. The van der Waals surface area contributed by atoms with E-state index in [1.54, 1.807) is 20.8 Å². The van der Waals surface area contributed by atoms with Crippen LogP contribution in [0.3, 0.4) is 0 Å². The van der Waals surface area contributed by atoms with Gasteiger partial charge in [0.1, 0.15) is 6.10 Å². The molecular formula is C10H16O5. The number of hydrogen-bond acceptors (Lipinski definition) is 5. The maximum Gasteiger partial charge on any atom is 0.508 e. The van der Waals surface area contributed by atoms with Crippen LogP contribution in [-0.2, 0) is 19.0 Å². The maximum absolute atomic E-state index is 10.9. The highest BCUT2D eigenvalue weighted by atomic mass is 16.7. The van der Waals surface area contributed by atoms with Crippen LogP contribution in [0.25, 0.3) is 0 Å². The third-order valence-corrected chi connectivity index (χ3v) is 1.33. The summed E-state index contributed by atoms with van der Waals surface area (Å²) < 4.78 is 14.0. The van der Waals surface area contributed by atoms with E-state index in [2.05, 4.69) is 9.47 Å². The highest BCUT2D eigenvalue weighted by molar-refractivity contribution is 5.82. The topological polar surface area (TPSA) is 61.8 Å². The molecule has 0 radical (unpaired) electrons. The van der Waals surface area contributed by atoms with Gasteiger partial charge in [0.05, 0.1) is 13.2 Å². The van der Waals surface area contributed by atoms with E-state index in [9.17, 15) is 9.59 Å². The lowest BCUT2D eigenvalue weighted by atomic mass is 10.3. The van der Waals surface area contributed by atoms with Gasteiger partial charge in [-0.3, -0.25) is 0 Å². The van der Waals surface area contributed by atoms with E-state index in [0.717, 1.165) is 0 Å². The summed E-state index contributed by atoms with van der Waals surface area (Å²) in [4.78, 5) is 21.7. The van der Waals surface area contributed by atoms with Gasteiger partial charge in [0.2, 0.25) is 0 Å². The third kappa shape index (κ3) is 7.54. The minimum Gasteiger partial charge on any atom is -0.463 e. The average Bonchev–Trinajstić information content (AvgIpc) is 2.15. The summed E-state index contributed by atoms with van der Waals surface area (Å²) in [6.07, 6.45) is 1.37. The van der Waals surface area contributed by atoms with Gasteiger partial charge in [0.15, 0.2) is 0 Å². The average molecular weight is 216 g/mol. The van der Waals surface area contributed by atoms with Gasteiger partial charge in [-0.1, -0.05) is 0 Å². The van der Waals surface area contributed by atoms with E-state index < -0.39 is 18.2 Å². The molecule has 0 amide bonds. The van der Waals surface area contributed by atoms with Crippen molar-refractivity contribution in [2.24, 2.45) is 0 Å². The Morgan fingerprint density at radius 1 is 1.20 bits per heavy atom. The fourth-order valence-corrected chi connectivity index (χ4v) is 0.747. The Kier molecular flexibility index (Phi) is 7.05. The minimum atomic E-state index is -0.751. The van der Waals surface area contributed by atoms with Crippen LogP contribution in [0.15, 0.2) is 12.2 Å². The van der Waals surface area contributed by atoms with E-state index in [0.29, 0.717) is 6.61 Å². The van der Waals surface area contributed by atoms with E-state index >= 15 is 0 Å². The molecule has 0 spiro atoms. The molecule has 0 aliphatic rings. The lowest BCUT2D eigenvalue weighted by Crippen LogP contribution is -2.14. The Morgan fingerprint density at radius 2 is 1.80 bits per heavy atom. The number of esters is 1. The maximum atomic E-state index is 10.9. The van der Waals surface area contributed by atoms with Crippen molar-refractivity contribution in [2.45, 2.75) is 26.9 Å². The molecule has 0 aromatic rings. The number of carbonyl (C=O) groups is 2. The van der Waals surface area contributed by atoms with Gasteiger partial charge < -0.3 is 14.2 Å². The Balaban J connectivity index is 3.86. The molecule has 0 fully saturated rings. The molecule has 0 N–H and O–H groups in total. The zero-order valence-corrected chi connectivity index (χ0v) is 9.19. The van der Waals surface area contributed by atoms with Crippen LogP contribution in [0.5, 0.6) is 0 Å². The van der Waals surface area contributed by atoms with Crippen molar-refractivity contribution < 1.29 is 23.8 Å². The fourth-order valence-electron chi connectivity index (χ4n) is 0.747. The summed E-state index contributed by atoms with van der Waals surface area (Å²) in [5.74, 6) is -0.461. The molecule has 0 saturated heterocycles. The van der Waals surface area contributed by atoms with Gasteiger partial charge in [-0.15, -0.1) is 0 Å². The summed E-state index contributed by atoms with van der Waals surface area (Å²) in [6.45, 7) is 5.58. The lowest BCUT2D eigenvalue weighted by Gasteiger charge is -2.07. The highest BCUT2D eigenvalue weighted by Gasteiger charge is 2.07. The molecule has 0 saturated carbocycles. The van der Waals surface area contributed by atoms with Crippen molar-refractivity contribution in [1.29, 1.82) is 0 Å². The smallest absolute Gasteiger partial charge is 0.463 e. The third-order valence-electron chi connectivity index (χ3n) is 1.33. The molecular weight excluding hydrogens is 200 g/mol. The first-order valence-corrected chi connectivity index (χ1v) is 4.78. The molecule has 0 aromatic heterocycles. The van der Waals surface area contributed by atoms with Gasteiger partial charge in [0.25, 0.3) is 0 Å². The Bertz CT molecular complexity index is 234. The fraction of sp³-hybridized carbons (Fsp3) is 0.600. The number of carbonyl (C=O) groups excluding carboxylic acids is 2. The van der Waals surface area contributed by atoms with Gasteiger partial charge >= 0.3 is 12.1 Å². The zero-order valence-electron chi connectivity index (χ0n) is 9.19. The summed E-state index contributed by atoms with van der Waals surface area (Å²) in [6, 6.07) is 0. The van der Waals surface area contributed by atoms with Gasteiger partial charge in [-0.25, -0.2) is 9.59 Å². The predicted molar refractivity (Wildman–Crippen MR) is 53.3 cm³/mol. The second kappa shape index (κ2) is 7.84. The van der Waals surface area contributed by atoms with Crippen molar-refractivity contribution in [3.8, 4) is 0 Å². The molecule has 0 bridgehead atoms. The second-order valence-electron chi connectivity index (χ2n) is 2.62. The Labute approximate surface area is 89.0 Å². The van der Waals surface area contributed by atoms with Crippen LogP contribution in [0.1, 0.15) is 20.8 Å². The van der Waals surface area contributed by atoms with Crippen LogP contribution in [-0.4, -0.2) is 31.4 Å². The van der Waals surface area contributed by atoms with Crippen LogP contribution >= 0.6 is 0 Å². The molecule has 15 heavy (non-hydrogen) atoms. The van der Waals surface area contributed by atoms with Gasteiger partial charge in [-0.05, 0) is 26.8 Å². The summed E-state index contributed by atoms with van der Waals surface area (Å²) in [5, 5.41) is 0. The molecule has 0 rings (SSSR count). The normalized spacial score (nSPS) is 12.2. The number of hydrogen-bond donors (Lipinski definition) is 0. The van der Waals surface area contributed by atoms with Gasteiger partial charge in [-0.2, -0.15) is 0 Å². The molecule has 1 atom stereocenters. The van der Waals surface area contributed by atoms with Gasteiger partial charge in [0, 0.05) is 6.08 Å². The molecule has 0 aliphatic heterocycles. The van der Waals surface area contributed by atoms with E-state index in [1.807, 2.05) is 0 Å². The first-order chi connectivity index (χ1) is 7.10. The number of rotatable bonds is 5. The van der Waals surface area contributed by atoms with Crippen molar-refractivity contribution in [3.63, 3.8) is 0 Å². The molecule has 0 aromatic carbocycles. The Morgan fingerprint density at radius 3 is 2.33 bits per heavy atom. The second-order valence-corrected chi connectivity index (χ2v) is 2.62. The Hall–Kier alpha value is -1.52. The van der Waals surface area contributed by atoms with Crippen molar-refractivity contribution >= 4 is 12.1 Å². The van der Waals surface area contributed by atoms with E-state index in [1.165, 1.54) is 12.2 Å². The SMILES string of the molecule is CCOC(=O)/C=C/C(C)OC(=O)OCC. The number of ether oxygens (including phenoxy) is 3. The molecule has 0 heterocycles. The molecule has 0 aliphatic carbocycles. The molecule has 86 valence electrons. The molecule has 1 unspecified atom stereocenters. The van der Waals surface area contributed by atoms with Crippen molar-refractivity contribution in [2.75, 3.05) is 13.2 Å². The quantitative estimate of drug-likeness (QED) is 0.516. The molecule has 5 heteroatoms. The summed E-state index contributed by atoms with van der Waals surface area (Å²) >= 11 is 0. The van der Waals surface area contributed by atoms with Crippen molar-refractivity contribution in [1.82, 2.24) is 0 Å². The van der Waals surface area contributed by atoms with Crippen molar-refractivity contribution in [3.05, 3.63) is 12.2 Å². The van der Waals surface area contributed by atoms with E-state index in [4.69, 9.17) is 4.74 Å². The zero-order chi connectivity index (χ0) is 11.7. The van der Waals surface area contributed by atoms with Crippen LogP contribution in [0.4, 0.5) is 4.79 Å². The lowest BCUT2D eigenvalue weighted by molar-refractivity contribution is -0.137. The monoisotopic (exact) mass is 216 g/mol. The van der Waals surface area contributed by atoms with Crippen LogP contribution in [0, 0.1) is 0 Å². The van der Waals surface area contributed by atoms with Crippen LogP contribution < -0.4 is 0 Å². The first kappa shape index (κ1) is 13.5. The highest BCUT2D eigenvalue weighted by Crippen LogP contribution is 1.96. The van der Waals surface area contributed by atoms with Crippen LogP contribution in [0.2, 0.25) is 0 Å². The summed E-state index contributed by atoms with van der Waals surface area (Å²) in [7, 11) is 0. The first-order valence-electron chi connectivity index (χ1n) is 4.78. The van der Waals surface area contributed by atoms with E-state index in [-0.39, 0.29) is 6.61 Å². The minimum absolute atomic E-state index is 0.257. The molecule has 5 nitrogen and oxygen atoms in total.